The van der Waals surface area contributed by atoms with E-state index in [1.807, 2.05) is 30.3 Å². The van der Waals surface area contributed by atoms with E-state index in [4.69, 9.17) is 12.2 Å². The van der Waals surface area contributed by atoms with E-state index in [2.05, 4.69) is 21.2 Å². The maximum atomic E-state index is 12.6. The zero-order valence-corrected chi connectivity index (χ0v) is 16.9. The van der Waals surface area contributed by atoms with E-state index in [0.29, 0.717) is 21.8 Å². The Balaban J connectivity index is 1.58. The van der Waals surface area contributed by atoms with Gasteiger partial charge in [-0.15, -0.1) is 0 Å². The standard InChI is InChI=1S/C18H19BrN2O2S2/c19-13-5-3-4-12(10-13)11-15-17(23)21(18(24)25-15)9-8-16(22)20-14-6-1-2-7-14/h3-5,10-11,14H,1-2,6-9H2,(H,20,22)/b15-11-. The number of nitrogens with zero attached hydrogens (tertiary/aromatic N) is 1. The highest BCUT2D eigenvalue weighted by Gasteiger charge is 2.32. The highest BCUT2D eigenvalue weighted by molar-refractivity contribution is 9.10. The van der Waals surface area contributed by atoms with E-state index in [1.165, 1.54) is 29.5 Å². The Labute approximate surface area is 165 Å². The van der Waals surface area contributed by atoms with Crippen LogP contribution in [0.5, 0.6) is 0 Å². The molecule has 0 unspecified atom stereocenters. The molecule has 0 radical (unpaired) electrons. The smallest absolute Gasteiger partial charge is 0.266 e. The van der Waals surface area contributed by atoms with E-state index in [0.717, 1.165) is 22.9 Å². The van der Waals surface area contributed by atoms with Crippen LogP contribution in [0, 0.1) is 0 Å². The third-order valence-corrected chi connectivity index (χ3v) is 6.17. The molecule has 0 spiro atoms. The molecule has 1 saturated heterocycles. The molecule has 3 rings (SSSR count). The van der Waals surface area contributed by atoms with Gasteiger partial charge >= 0.3 is 0 Å². The van der Waals surface area contributed by atoms with Crippen LogP contribution in [-0.2, 0) is 9.59 Å². The van der Waals surface area contributed by atoms with Crippen LogP contribution in [0.3, 0.4) is 0 Å². The highest BCUT2D eigenvalue weighted by Crippen LogP contribution is 2.33. The lowest BCUT2D eigenvalue weighted by atomic mass is 10.2. The zero-order chi connectivity index (χ0) is 17.8. The summed E-state index contributed by atoms with van der Waals surface area (Å²) in [4.78, 5) is 26.8. The summed E-state index contributed by atoms with van der Waals surface area (Å²) in [5.74, 6) is -0.124. The second-order valence-electron chi connectivity index (χ2n) is 6.19. The lowest BCUT2D eigenvalue weighted by Crippen LogP contribution is -2.37. The Morgan fingerprint density at radius 1 is 1.40 bits per heavy atom. The molecule has 0 aromatic heterocycles. The van der Waals surface area contributed by atoms with E-state index < -0.39 is 0 Å². The van der Waals surface area contributed by atoms with Crippen LogP contribution in [0.2, 0.25) is 0 Å². The molecule has 1 aliphatic heterocycles. The summed E-state index contributed by atoms with van der Waals surface area (Å²) in [6.07, 6.45) is 6.60. The first-order chi connectivity index (χ1) is 12.0. The monoisotopic (exact) mass is 438 g/mol. The molecule has 1 heterocycles. The van der Waals surface area contributed by atoms with Gasteiger partial charge in [-0.05, 0) is 36.6 Å². The van der Waals surface area contributed by atoms with Gasteiger partial charge in [0.15, 0.2) is 0 Å². The Morgan fingerprint density at radius 2 is 2.16 bits per heavy atom. The minimum Gasteiger partial charge on any atom is -0.353 e. The molecule has 2 aliphatic rings. The van der Waals surface area contributed by atoms with Crippen molar-refractivity contribution in [2.24, 2.45) is 0 Å². The number of benzene rings is 1. The minimum atomic E-state index is -0.122. The molecule has 0 bridgehead atoms. The van der Waals surface area contributed by atoms with Gasteiger partial charge in [-0.3, -0.25) is 14.5 Å². The molecule has 0 atom stereocenters. The van der Waals surface area contributed by atoms with Crippen LogP contribution in [0.25, 0.3) is 6.08 Å². The number of halogens is 1. The number of carbonyl (C=O) groups is 2. The Kier molecular flexibility index (Phi) is 6.30. The predicted octanol–water partition coefficient (Wildman–Crippen LogP) is 4.10. The highest BCUT2D eigenvalue weighted by atomic mass is 79.9. The van der Waals surface area contributed by atoms with Crippen molar-refractivity contribution in [3.63, 3.8) is 0 Å². The first kappa shape index (κ1) is 18.6. The van der Waals surface area contributed by atoms with Crippen LogP contribution < -0.4 is 5.32 Å². The molecule has 7 heteroatoms. The molecule has 1 N–H and O–H groups in total. The molecule has 2 fully saturated rings. The topological polar surface area (TPSA) is 49.4 Å². The lowest BCUT2D eigenvalue weighted by Gasteiger charge is -2.16. The van der Waals surface area contributed by atoms with Gasteiger partial charge in [0, 0.05) is 23.5 Å². The molecule has 132 valence electrons. The SMILES string of the molecule is O=C(CCN1C(=O)/C(=C/c2cccc(Br)c2)SC1=S)NC1CCCC1. The van der Waals surface area contributed by atoms with E-state index in [1.54, 1.807) is 0 Å². The molecular formula is C18H19BrN2O2S2. The average Bonchev–Trinajstić information content (AvgIpc) is 3.15. The van der Waals surface area contributed by atoms with Gasteiger partial charge in [-0.2, -0.15) is 0 Å². The van der Waals surface area contributed by atoms with Gasteiger partial charge in [0.05, 0.1) is 4.91 Å². The van der Waals surface area contributed by atoms with Crippen molar-refractivity contribution in [3.05, 3.63) is 39.2 Å². The number of hydrogen-bond donors (Lipinski definition) is 1. The van der Waals surface area contributed by atoms with Gasteiger partial charge in [0.2, 0.25) is 5.91 Å². The first-order valence-corrected chi connectivity index (χ1v) is 10.3. The number of thiocarbonyl (C=S) groups is 1. The normalized spacial score (nSPS) is 19.9. The fraction of sp³-hybridized carbons (Fsp3) is 0.389. The van der Waals surface area contributed by atoms with E-state index >= 15 is 0 Å². The lowest BCUT2D eigenvalue weighted by molar-refractivity contribution is -0.124. The zero-order valence-electron chi connectivity index (χ0n) is 13.7. The molecular weight excluding hydrogens is 420 g/mol. The number of nitrogens with one attached hydrogen (secondary N) is 1. The fourth-order valence-electron chi connectivity index (χ4n) is 3.02. The van der Waals surface area contributed by atoms with Gasteiger partial charge < -0.3 is 5.32 Å². The van der Waals surface area contributed by atoms with Crippen LogP contribution in [0.4, 0.5) is 0 Å². The summed E-state index contributed by atoms with van der Waals surface area (Å²) in [6, 6.07) is 8.04. The maximum Gasteiger partial charge on any atom is 0.266 e. The van der Waals surface area contributed by atoms with Gasteiger partial charge in [-0.25, -0.2) is 0 Å². The van der Waals surface area contributed by atoms with Gasteiger partial charge in [-0.1, -0.05) is 64.9 Å². The molecule has 4 nitrogen and oxygen atoms in total. The predicted molar refractivity (Wildman–Crippen MR) is 109 cm³/mol. The fourth-order valence-corrected chi connectivity index (χ4v) is 4.75. The average molecular weight is 439 g/mol. The molecule has 1 aromatic carbocycles. The summed E-state index contributed by atoms with van der Waals surface area (Å²) in [6.45, 7) is 0.332. The largest absolute Gasteiger partial charge is 0.353 e. The molecule has 2 amide bonds. The Hall–Kier alpha value is -1.18. The molecule has 1 aliphatic carbocycles. The number of thioether (sulfide) groups is 1. The summed E-state index contributed by atoms with van der Waals surface area (Å²) in [7, 11) is 0. The van der Waals surface area contributed by atoms with Crippen molar-refractivity contribution >= 4 is 62.1 Å². The number of carbonyl (C=O) groups excluding carboxylic acids is 2. The van der Waals surface area contributed by atoms with Crippen molar-refractivity contribution in [2.75, 3.05) is 6.54 Å². The van der Waals surface area contributed by atoms with Crippen LogP contribution >= 0.6 is 39.9 Å². The summed E-state index contributed by atoms with van der Waals surface area (Å²) in [5, 5.41) is 3.04. The quantitative estimate of drug-likeness (QED) is 0.555. The summed E-state index contributed by atoms with van der Waals surface area (Å²) < 4.78 is 1.47. The van der Waals surface area contributed by atoms with Crippen molar-refractivity contribution in [1.29, 1.82) is 0 Å². The number of hydrogen-bond acceptors (Lipinski definition) is 4. The van der Waals surface area contributed by atoms with Crippen molar-refractivity contribution < 1.29 is 9.59 Å². The minimum absolute atomic E-state index is 0.00285. The number of amides is 2. The molecule has 25 heavy (non-hydrogen) atoms. The molecule has 1 aromatic rings. The van der Waals surface area contributed by atoms with Gasteiger partial charge in [0.25, 0.3) is 5.91 Å². The van der Waals surface area contributed by atoms with Crippen molar-refractivity contribution in [2.45, 2.75) is 38.1 Å². The van der Waals surface area contributed by atoms with Crippen LogP contribution in [0.1, 0.15) is 37.7 Å². The summed E-state index contributed by atoms with van der Waals surface area (Å²) >= 11 is 10.0. The van der Waals surface area contributed by atoms with E-state index in [9.17, 15) is 9.59 Å². The van der Waals surface area contributed by atoms with Crippen LogP contribution in [0.15, 0.2) is 33.6 Å². The molecule has 1 saturated carbocycles. The Morgan fingerprint density at radius 3 is 2.88 bits per heavy atom. The van der Waals surface area contributed by atoms with Crippen molar-refractivity contribution in [3.8, 4) is 0 Å². The van der Waals surface area contributed by atoms with Crippen LogP contribution in [-0.4, -0.2) is 33.6 Å². The number of rotatable bonds is 5. The third-order valence-electron chi connectivity index (χ3n) is 4.30. The first-order valence-electron chi connectivity index (χ1n) is 8.33. The maximum absolute atomic E-state index is 12.6. The van der Waals surface area contributed by atoms with Crippen molar-refractivity contribution in [1.82, 2.24) is 10.2 Å². The van der Waals surface area contributed by atoms with Gasteiger partial charge in [0.1, 0.15) is 4.32 Å². The third kappa shape index (κ3) is 4.92. The second-order valence-corrected chi connectivity index (χ2v) is 8.78. The van der Waals surface area contributed by atoms with E-state index in [-0.39, 0.29) is 18.2 Å². The Bertz CT molecular complexity index is 730. The summed E-state index contributed by atoms with van der Waals surface area (Å²) in [5.41, 5.74) is 0.939. The second kappa shape index (κ2) is 8.47.